The number of ether oxygens (including phenoxy) is 1. The molecule has 6 heteroatoms. The number of imidazole rings is 1. The molecule has 1 heterocycles. The molecule has 1 amide bonds. The van der Waals surface area contributed by atoms with Gasteiger partial charge in [-0.05, 0) is 20.8 Å². The van der Waals surface area contributed by atoms with Gasteiger partial charge in [-0.3, -0.25) is 0 Å². The van der Waals surface area contributed by atoms with Crippen LogP contribution in [0.5, 0.6) is 0 Å². The minimum absolute atomic E-state index is 0.0185. The van der Waals surface area contributed by atoms with Crippen molar-refractivity contribution in [2.45, 2.75) is 32.3 Å². The zero-order chi connectivity index (χ0) is 12.9. The van der Waals surface area contributed by atoms with Crippen molar-refractivity contribution < 1.29 is 9.53 Å². The van der Waals surface area contributed by atoms with Gasteiger partial charge in [0.25, 0.3) is 0 Å². The van der Waals surface area contributed by atoms with Gasteiger partial charge in [-0.15, -0.1) is 0 Å². The molecule has 1 aromatic rings. The molecule has 1 rings (SSSR count). The largest absolute Gasteiger partial charge is 0.444 e. The fourth-order valence-corrected chi connectivity index (χ4v) is 1.33. The summed E-state index contributed by atoms with van der Waals surface area (Å²) in [5.41, 5.74) is 6.05. The van der Waals surface area contributed by atoms with E-state index in [0.717, 1.165) is 5.69 Å². The minimum atomic E-state index is -0.490. The monoisotopic (exact) mass is 240 g/mol. The van der Waals surface area contributed by atoms with E-state index in [0.29, 0.717) is 13.1 Å². The quantitative estimate of drug-likeness (QED) is 0.731. The standard InChI is InChI=1S/C11H20N4O2/c1-11(2,3)17-10(16)14-5-8(4-12)9-6-13-7-15-9/h6-8H,4-5,12H2,1-3H3,(H,13,15)(H,14,16). The molecule has 0 saturated carbocycles. The molecule has 0 radical (unpaired) electrons. The second-order valence-electron chi connectivity index (χ2n) is 4.82. The number of carbonyl (C=O) groups excluding carboxylic acids is 1. The van der Waals surface area contributed by atoms with Crippen LogP contribution in [0.3, 0.4) is 0 Å². The summed E-state index contributed by atoms with van der Waals surface area (Å²) in [4.78, 5) is 18.3. The van der Waals surface area contributed by atoms with Crippen LogP contribution in [0.25, 0.3) is 0 Å². The number of aromatic nitrogens is 2. The molecule has 0 fully saturated rings. The summed E-state index contributed by atoms with van der Waals surface area (Å²) < 4.78 is 5.13. The molecule has 1 atom stereocenters. The van der Waals surface area contributed by atoms with E-state index in [9.17, 15) is 4.79 Å². The predicted octanol–water partition coefficient (Wildman–Crippen LogP) is 0.977. The smallest absolute Gasteiger partial charge is 0.407 e. The Morgan fingerprint density at radius 2 is 2.35 bits per heavy atom. The van der Waals surface area contributed by atoms with E-state index >= 15 is 0 Å². The lowest BCUT2D eigenvalue weighted by Gasteiger charge is -2.21. The SMILES string of the molecule is CC(C)(C)OC(=O)NCC(CN)c1cnc[nH]1. The molecule has 6 nitrogen and oxygen atoms in total. The number of hydrogen-bond donors (Lipinski definition) is 3. The Labute approximate surface area is 101 Å². The van der Waals surface area contributed by atoms with Crippen molar-refractivity contribution in [2.75, 3.05) is 13.1 Å². The molecule has 4 N–H and O–H groups in total. The Bertz CT molecular complexity index is 343. The number of hydrogen-bond acceptors (Lipinski definition) is 4. The zero-order valence-corrected chi connectivity index (χ0v) is 10.5. The highest BCUT2D eigenvalue weighted by Crippen LogP contribution is 2.10. The van der Waals surface area contributed by atoms with Crippen LogP contribution < -0.4 is 11.1 Å². The minimum Gasteiger partial charge on any atom is -0.444 e. The van der Waals surface area contributed by atoms with Crippen molar-refractivity contribution in [3.63, 3.8) is 0 Å². The molecule has 1 aromatic heterocycles. The summed E-state index contributed by atoms with van der Waals surface area (Å²) >= 11 is 0. The summed E-state index contributed by atoms with van der Waals surface area (Å²) in [5.74, 6) is 0.0185. The molecule has 0 bridgehead atoms. The van der Waals surface area contributed by atoms with Crippen molar-refractivity contribution in [1.82, 2.24) is 15.3 Å². The fourth-order valence-electron chi connectivity index (χ4n) is 1.33. The van der Waals surface area contributed by atoms with Gasteiger partial charge in [0.15, 0.2) is 0 Å². The number of nitrogens with one attached hydrogen (secondary N) is 2. The maximum absolute atomic E-state index is 11.4. The number of amides is 1. The van der Waals surface area contributed by atoms with Gasteiger partial charge in [-0.2, -0.15) is 0 Å². The molecule has 0 aliphatic heterocycles. The predicted molar refractivity (Wildman–Crippen MR) is 64.6 cm³/mol. The van der Waals surface area contributed by atoms with Gasteiger partial charge in [-0.25, -0.2) is 9.78 Å². The van der Waals surface area contributed by atoms with Crippen LogP contribution in [0, 0.1) is 0 Å². The van der Waals surface area contributed by atoms with E-state index < -0.39 is 11.7 Å². The van der Waals surface area contributed by atoms with Crippen molar-refractivity contribution in [1.29, 1.82) is 0 Å². The van der Waals surface area contributed by atoms with E-state index in [1.54, 1.807) is 12.5 Å². The average Bonchev–Trinajstić information content (AvgIpc) is 2.69. The highest BCUT2D eigenvalue weighted by molar-refractivity contribution is 5.67. The number of alkyl carbamates (subject to hydrolysis) is 1. The van der Waals surface area contributed by atoms with Gasteiger partial charge in [0.05, 0.1) is 6.33 Å². The molecule has 0 saturated heterocycles. The number of rotatable bonds is 4. The van der Waals surface area contributed by atoms with E-state index in [-0.39, 0.29) is 5.92 Å². The topological polar surface area (TPSA) is 93.0 Å². The van der Waals surface area contributed by atoms with Crippen molar-refractivity contribution in [3.8, 4) is 0 Å². The molecular formula is C11H20N4O2. The molecule has 96 valence electrons. The Balaban J connectivity index is 2.41. The van der Waals surface area contributed by atoms with Crippen LogP contribution in [-0.4, -0.2) is 34.8 Å². The number of aromatic amines is 1. The first-order valence-electron chi connectivity index (χ1n) is 5.57. The zero-order valence-electron chi connectivity index (χ0n) is 10.5. The van der Waals surface area contributed by atoms with Gasteiger partial charge in [0, 0.05) is 30.9 Å². The van der Waals surface area contributed by atoms with E-state index in [4.69, 9.17) is 10.5 Å². The molecule has 0 spiro atoms. The normalized spacial score (nSPS) is 13.2. The van der Waals surface area contributed by atoms with Crippen LogP contribution in [0.4, 0.5) is 4.79 Å². The van der Waals surface area contributed by atoms with E-state index in [1.165, 1.54) is 0 Å². The van der Waals surface area contributed by atoms with Crippen molar-refractivity contribution in [3.05, 3.63) is 18.2 Å². The van der Waals surface area contributed by atoms with E-state index in [1.807, 2.05) is 20.8 Å². The summed E-state index contributed by atoms with van der Waals surface area (Å²) in [6.07, 6.45) is 2.86. The Hall–Kier alpha value is -1.56. The number of carbonyl (C=O) groups is 1. The lowest BCUT2D eigenvalue weighted by molar-refractivity contribution is 0.0524. The van der Waals surface area contributed by atoms with Crippen LogP contribution >= 0.6 is 0 Å². The third kappa shape index (κ3) is 4.86. The fraction of sp³-hybridized carbons (Fsp3) is 0.636. The first-order valence-corrected chi connectivity index (χ1v) is 5.57. The lowest BCUT2D eigenvalue weighted by atomic mass is 10.1. The number of nitrogens with two attached hydrogens (primary N) is 1. The number of nitrogens with zero attached hydrogens (tertiary/aromatic N) is 1. The van der Waals surface area contributed by atoms with Gasteiger partial charge >= 0.3 is 6.09 Å². The summed E-state index contributed by atoms with van der Waals surface area (Å²) in [7, 11) is 0. The Morgan fingerprint density at radius 1 is 1.65 bits per heavy atom. The van der Waals surface area contributed by atoms with Gasteiger partial charge in [-0.1, -0.05) is 0 Å². The maximum Gasteiger partial charge on any atom is 0.407 e. The van der Waals surface area contributed by atoms with Crippen molar-refractivity contribution >= 4 is 6.09 Å². The van der Waals surface area contributed by atoms with Crippen LogP contribution in [0.15, 0.2) is 12.5 Å². The van der Waals surface area contributed by atoms with E-state index in [2.05, 4.69) is 15.3 Å². The Kier molecular flexibility index (Phi) is 4.51. The lowest BCUT2D eigenvalue weighted by Crippen LogP contribution is -2.36. The summed E-state index contributed by atoms with van der Waals surface area (Å²) in [6.45, 7) is 6.32. The molecule has 0 aromatic carbocycles. The molecule has 17 heavy (non-hydrogen) atoms. The molecule has 0 aliphatic rings. The molecular weight excluding hydrogens is 220 g/mol. The van der Waals surface area contributed by atoms with Gasteiger partial charge in [0.1, 0.15) is 5.60 Å². The molecule has 0 aliphatic carbocycles. The van der Waals surface area contributed by atoms with Gasteiger partial charge < -0.3 is 20.8 Å². The van der Waals surface area contributed by atoms with Gasteiger partial charge in [0.2, 0.25) is 0 Å². The first-order chi connectivity index (χ1) is 7.92. The summed E-state index contributed by atoms with van der Waals surface area (Å²) in [5, 5.41) is 2.69. The highest BCUT2D eigenvalue weighted by Gasteiger charge is 2.18. The first kappa shape index (κ1) is 13.5. The van der Waals surface area contributed by atoms with Crippen molar-refractivity contribution in [2.24, 2.45) is 5.73 Å². The van der Waals surface area contributed by atoms with Crippen LogP contribution in [-0.2, 0) is 4.74 Å². The highest BCUT2D eigenvalue weighted by atomic mass is 16.6. The third-order valence-corrected chi connectivity index (χ3v) is 2.14. The maximum atomic E-state index is 11.4. The van der Waals surface area contributed by atoms with Crippen LogP contribution in [0.1, 0.15) is 32.4 Å². The van der Waals surface area contributed by atoms with Crippen LogP contribution in [0.2, 0.25) is 0 Å². The second kappa shape index (κ2) is 5.67. The summed E-state index contributed by atoms with van der Waals surface area (Å²) in [6, 6.07) is 0. The number of H-pyrrole nitrogens is 1. The Morgan fingerprint density at radius 3 is 2.82 bits per heavy atom. The second-order valence-corrected chi connectivity index (χ2v) is 4.82. The average molecular weight is 240 g/mol. The molecule has 1 unspecified atom stereocenters. The third-order valence-electron chi connectivity index (χ3n) is 2.14.